The maximum absolute atomic E-state index is 5.33. The highest BCUT2D eigenvalue weighted by Crippen LogP contribution is 2.14. The molecule has 0 fully saturated rings. The van der Waals surface area contributed by atoms with Crippen LogP contribution in [0.4, 0.5) is 0 Å². The van der Waals surface area contributed by atoms with E-state index in [-0.39, 0.29) is 0 Å². The maximum atomic E-state index is 5.33. The van der Waals surface area contributed by atoms with Crippen LogP contribution in [0.25, 0.3) is 0 Å². The summed E-state index contributed by atoms with van der Waals surface area (Å²) in [5.74, 6) is 0. The fourth-order valence-electron chi connectivity index (χ4n) is 5.47. The second-order valence-electron chi connectivity index (χ2n) is 12.9. The minimum Gasteiger partial charge on any atom is -0.361 e. The lowest BCUT2D eigenvalue weighted by molar-refractivity contribution is 0.535. The van der Waals surface area contributed by atoms with Crippen molar-refractivity contribution in [2.75, 3.05) is 13.1 Å². The van der Waals surface area contributed by atoms with Gasteiger partial charge in [0.05, 0.1) is 11.9 Å². The third-order valence-corrected chi connectivity index (χ3v) is 8.85. The zero-order chi connectivity index (χ0) is 32.9. The Bertz CT molecular complexity index is 713. The molecule has 45 heavy (non-hydrogen) atoms. The molecule has 4 N–H and O–H groups in total. The number of hydrogen-bond acceptors (Lipinski definition) is 4. The number of nitrogens with one attached hydrogen (secondary N) is 4. The van der Waals surface area contributed by atoms with Crippen LogP contribution in [0.2, 0.25) is 0 Å². The number of rotatable bonds is 33. The maximum Gasteiger partial charge on any atom is 0.186 e. The molecule has 8 heteroatoms. The lowest BCUT2D eigenvalue weighted by atomic mass is 10.0. The van der Waals surface area contributed by atoms with E-state index in [2.05, 4.69) is 45.5 Å². The minimum absolute atomic E-state index is 0.548. The van der Waals surface area contributed by atoms with Crippen molar-refractivity contribution in [3.05, 3.63) is 0 Å². The van der Waals surface area contributed by atoms with E-state index in [9.17, 15) is 0 Å². The predicted octanol–water partition coefficient (Wildman–Crippen LogP) is 11.2. The van der Waals surface area contributed by atoms with Gasteiger partial charge in [0.25, 0.3) is 0 Å². The van der Waals surface area contributed by atoms with E-state index in [0.717, 1.165) is 31.6 Å². The Hall–Kier alpha value is -1.28. The molecule has 0 spiro atoms. The monoisotopic (exact) mass is 667 g/mol. The summed E-state index contributed by atoms with van der Waals surface area (Å²) in [6, 6.07) is 0. The first-order chi connectivity index (χ1) is 22.1. The molecule has 0 aliphatic carbocycles. The quantitative estimate of drug-likeness (QED) is 0.0242. The molecular formula is C37H74N6S2. The SMILES string of the molecule is CCCCCCCCCCCCCCCCNC(=S)NN=C/C(C)=N/NC(=S)NCCCCCCCCCCCCCCCC. The van der Waals surface area contributed by atoms with Crippen molar-refractivity contribution in [2.24, 2.45) is 10.2 Å². The second-order valence-corrected chi connectivity index (χ2v) is 13.8. The van der Waals surface area contributed by atoms with Crippen LogP contribution in [0.15, 0.2) is 10.2 Å². The van der Waals surface area contributed by atoms with E-state index in [1.165, 1.54) is 167 Å². The first-order valence-corrected chi connectivity index (χ1v) is 20.1. The van der Waals surface area contributed by atoms with Crippen LogP contribution in [-0.2, 0) is 0 Å². The van der Waals surface area contributed by atoms with Crippen molar-refractivity contribution < 1.29 is 0 Å². The highest BCUT2D eigenvalue weighted by molar-refractivity contribution is 7.80. The van der Waals surface area contributed by atoms with E-state index in [0.29, 0.717) is 10.2 Å². The molecule has 0 aliphatic heterocycles. The van der Waals surface area contributed by atoms with Crippen molar-refractivity contribution in [3.8, 4) is 0 Å². The Morgan fingerprint density at radius 3 is 1.07 bits per heavy atom. The molecule has 0 rings (SSSR count). The molecule has 0 aromatic carbocycles. The fourth-order valence-corrected chi connectivity index (χ4v) is 5.78. The average Bonchev–Trinajstić information content (AvgIpc) is 3.03. The first kappa shape index (κ1) is 43.7. The minimum atomic E-state index is 0.548. The highest BCUT2D eigenvalue weighted by Gasteiger charge is 1.98. The number of nitrogens with zero attached hydrogens (tertiary/aromatic N) is 2. The van der Waals surface area contributed by atoms with Gasteiger partial charge in [-0.05, 0) is 44.2 Å². The molecule has 0 aromatic rings. The van der Waals surface area contributed by atoms with Gasteiger partial charge in [-0.25, -0.2) is 0 Å². The number of unbranched alkanes of at least 4 members (excludes halogenated alkanes) is 26. The van der Waals surface area contributed by atoms with E-state index in [4.69, 9.17) is 24.4 Å². The van der Waals surface area contributed by atoms with Crippen LogP contribution in [0.3, 0.4) is 0 Å². The predicted molar refractivity (Wildman–Crippen MR) is 210 cm³/mol. The zero-order valence-electron chi connectivity index (χ0n) is 30.0. The van der Waals surface area contributed by atoms with Crippen molar-refractivity contribution in [1.82, 2.24) is 21.5 Å². The molecule has 0 aromatic heterocycles. The largest absolute Gasteiger partial charge is 0.361 e. The Morgan fingerprint density at radius 2 is 0.733 bits per heavy atom. The summed E-state index contributed by atoms with van der Waals surface area (Å²) in [5, 5.41) is 16.0. The molecule has 0 saturated heterocycles. The third-order valence-electron chi connectivity index (χ3n) is 8.38. The Labute approximate surface area is 291 Å². The van der Waals surface area contributed by atoms with Gasteiger partial charge in [0.15, 0.2) is 10.2 Å². The topological polar surface area (TPSA) is 72.8 Å². The lowest BCUT2D eigenvalue weighted by Crippen LogP contribution is -2.34. The number of hydrazone groups is 2. The van der Waals surface area contributed by atoms with Gasteiger partial charge in [0.1, 0.15) is 0 Å². The molecule has 264 valence electrons. The number of thiocarbonyl (C=S) groups is 2. The van der Waals surface area contributed by atoms with Crippen LogP contribution in [-0.4, -0.2) is 35.2 Å². The van der Waals surface area contributed by atoms with E-state index in [1.807, 2.05) is 6.92 Å². The van der Waals surface area contributed by atoms with Crippen molar-refractivity contribution in [3.63, 3.8) is 0 Å². The Balaban J connectivity index is 3.51. The summed E-state index contributed by atoms with van der Waals surface area (Å²) in [6.07, 6.45) is 40.0. The van der Waals surface area contributed by atoms with Crippen LogP contribution in [0, 0.1) is 0 Å². The molecular weight excluding hydrogens is 593 g/mol. The Kier molecular flexibility index (Phi) is 36.1. The van der Waals surface area contributed by atoms with Gasteiger partial charge in [-0.2, -0.15) is 10.2 Å². The highest BCUT2D eigenvalue weighted by atomic mass is 32.1. The lowest BCUT2D eigenvalue weighted by Gasteiger charge is -2.08. The average molecular weight is 667 g/mol. The van der Waals surface area contributed by atoms with Crippen LogP contribution >= 0.6 is 24.4 Å². The molecule has 0 saturated carbocycles. The van der Waals surface area contributed by atoms with Crippen molar-refractivity contribution in [1.29, 1.82) is 0 Å². The van der Waals surface area contributed by atoms with Gasteiger partial charge in [0, 0.05) is 13.1 Å². The summed E-state index contributed by atoms with van der Waals surface area (Å²) < 4.78 is 0. The summed E-state index contributed by atoms with van der Waals surface area (Å²) in [6.45, 7) is 8.21. The first-order valence-electron chi connectivity index (χ1n) is 19.2. The summed E-state index contributed by atoms with van der Waals surface area (Å²) in [4.78, 5) is 0. The van der Waals surface area contributed by atoms with Crippen LogP contribution in [0.1, 0.15) is 201 Å². The van der Waals surface area contributed by atoms with Gasteiger partial charge in [-0.15, -0.1) is 0 Å². The normalized spacial score (nSPS) is 11.7. The second kappa shape index (κ2) is 37.2. The van der Waals surface area contributed by atoms with Crippen LogP contribution < -0.4 is 21.5 Å². The molecule has 0 aliphatic rings. The molecule has 6 nitrogen and oxygen atoms in total. The van der Waals surface area contributed by atoms with Crippen molar-refractivity contribution >= 4 is 46.6 Å². The van der Waals surface area contributed by atoms with Gasteiger partial charge in [0.2, 0.25) is 0 Å². The summed E-state index contributed by atoms with van der Waals surface area (Å²) >= 11 is 10.7. The molecule has 0 bridgehead atoms. The van der Waals surface area contributed by atoms with Gasteiger partial charge in [-0.1, -0.05) is 181 Å². The smallest absolute Gasteiger partial charge is 0.186 e. The molecule has 0 amide bonds. The summed E-state index contributed by atoms with van der Waals surface area (Å²) in [7, 11) is 0. The zero-order valence-corrected chi connectivity index (χ0v) is 31.6. The molecule has 0 radical (unpaired) electrons. The van der Waals surface area contributed by atoms with Gasteiger partial charge >= 0.3 is 0 Å². The fraction of sp³-hybridized carbons (Fsp3) is 0.892. The van der Waals surface area contributed by atoms with E-state index < -0.39 is 0 Å². The van der Waals surface area contributed by atoms with Crippen molar-refractivity contribution in [2.45, 2.75) is 201 Å². The standard InChI is InChI=1S/C37H74N6S2/c1-4-6-8-10-12-14-16-18-20-22-24-26-28-30-32-38-36(44)42-40-34-35(3)41-43-37(45)39-33-31-29-27-25-23-21-19-17-15-13-11-9-7-5-2/h34H,4-33H2,1-3H3,(H2,38,42,44)(H2,39,43,45)/b40-34?,41-35+. The van der Waals surface area contributed by atoms with E-state index in [1.54, 1.807) is 6.21 Å². The Morgan fingerprint density at radius 1 is 0.444 bits per heavy atom. The summed E-state index contributed by atoms with van der Waals surface area (Å²) in [5.41, 5.74) is 6.48. The van der Waals surface area contributed by atoms with Crippen LogP contribution in [0.5, 0.6) is 0 Å². The molecule has 0 heterocycles. The van der Waals surface area contributed by atoms with Gasteiger partial charge in [-0.3, -0.25) is 10.9 Å². The van der Waals surface area contributed by atoms with E-state index >= 15 is 0 Å². The molecule has 0 unspecified atom stereocenters. The molecule has 0 atom stereocenters. The third kappa shape index (κ3) is 37.1. The number of hydrogen-bond donors (Lipinski definition) is 4. The van der Waals surface area contributed by atoms with Gasteiger partial charge < -0.3 is 10.6 Å².